The SMILES string of the molecule is CC1CN(CCCF)CC(C)N1CCCF. The van der Waals surface area contributed by atoms with Gasteiger partial charge in [-0.05, 0) is 26.7 Å². The van der Waals surface area contributed by atoms with Crippen LogP contribution in [0.1, 0.15) is 26.7 Å². The molecule has 0 aromatic rings. The van der Waals surface area contributed by atoms with Gasteiger partial charge in [0.1, 0.15) is 0 Å². The van der Waals surface area contributed by atoms with E-state index < -0.39 is 0 Å². The average Bonchev–Trinajstić information content (AvgIpc) is 2.25. The highest BCUT2D eigenvalue weighted by atomic mass is 19.1. The Bertz CT molecular complexity index is 178. The molecule has 1 saturated heterocycles. The van der Waals surface area contributed by atoms with Gasteiger partial charge in [0.05, 0.1) is 13.3 Å². The highest BCUT2D eigenvalue weighted by Crippen LogP contribution is 2.16. The molecule has 0 spiro atoms. The van der Waals surface area contributed by atoms with E-state index in [1.807, 2.05) is 0 Å². The van der Waals surface area contributed by atoms with E-state index in [4.69, 9.17) is 0 Å². The first-order valence-electron chi connectivity index (χ1n) is 6.29. The lowest BCUT2D eigenvalue weighted by Crippen LogP contribution is -2.56. The van der Waals surface area contributed by atoms with Gasteiger partial charge in [-0.15, -0.1) is 0 Å². The molecule has 0 saturated carbocycles. The fourth-order valence-electron chi connectivity index (χ4n) is 2.62. The third-order valence-corrected chi connectivity index (χ3v) is 3.34. The molecule has 16 heavy (non-hydrogen) atoms. The van der Waals surface area contributed by atoms with E-state index in [0.717, 1.165) is 26.2 Å². The summed E-state index contributed by atoms with van der Waals surface area (Å²) in [4.78, 5) is 4.69. The Morgan fingerprint density at radius 3 is 1.94 bits per heavy atom. The van der Waals surface area contributed by atoms with Crippen LogP contribution in [-0.4, -0.2) is 61.4 Å². The summed E-state index contributed by atoms with van der Waals surface area (Å²) in [5.74, 6) is 0. The second kappa shape index (κ2) is 7.17. The molecule has 0 N–H and O–H groups in total. The number of piperazine rings is 1. The number of alkyl halides is 2. The standard InChI is InChI=1S/C12H24F2N2/c1-11-9-15(7-3-5-13)10-12(2)16(11)8-4-6-14/h11-12H,3-10H2,1-2H3. The van der Waals surface area contributed by atoms with Gasteiger partial charge in [-0.25, -0.2) is 0 Å². The van der Waals surface area contributed by atoms with E-state index in [1.54, 1.807) is 0 Å². The van der Waals surface area contributed by atoms with Crippen LogP contribution in [0.5, 0.6) is 0 Å². The highest BCUT2D eigenvalue weighted by Gasteiger charge is 2.28. The zero-order chi connectivity index (χ0) is 12.0. The van der Waals surface area contributed by atoms with Gasteiger partial charge in [-0.3, -0.25) is 13.7 Å². The molecule has 0 amide bonds. The smallest absolute Gasteiger partial charge is 0.0906 e. The molecule has 0 bridgehead atoms. The summed E-state index contributed by atoms with van der Waals surface area (Å²) in [5, 5.41) is 0. The van der Waals surface area contributed by atoms with Crippen LogP contribution in [0.4, 0.5) is 8.78 Å². The Hall–Kier alpha value is -0.220. The van der Waals surface area contributed by atoms with Crippen molar-refractivity contribution < 1.29 is 8.78 Å². The molecule has 0 aromatic heterocycles. The van der Waals surface area contributed by atoms with Crippen LogP contribution in [0.25, 0.3) is 0 Å². The molecule has 2 atom stereocenters. The molecule has 0 aromatic carbocycles. The molecule has 4 heteroatoms. The van der Waals surface area contributed by atoms with Gasteiger partial charge in [-0.1, -0.05) is 0 Å². The number of hydrogen-bond donors (Lipinski definition) is 0. The van der Waals surface area contributed by atoms with Crippen LogP contribution in [0.15, 0.2) is 0 Å². The Kier molecular flexibility index (Phi) is 6.21. The van der Waals surface area contributed by atoms with Crippen molar-refractivity contribution in [3.8, 4) is 0 Å². The van der Waals surface area contributed by atoms with Gasteiger partial charge in [0, 0.05) is 38.3 Å². The van der Waals surface area contributed by atoms with Crippen LogP contribution in [0.2, 0.25) is 0 Å². The van der Waals surface area contributed by atoms with Crippen molar-refractivity contribution in [2.45, 2.75) is 38.8 Å². The molecule has 1 aliphatic rings. The first kappa shape index (κ1) is 13.8. The fraction of sp³-hybridized carbons (Fsp3) is 1.00. The Balaban J connectivity index is 2.37. The topological polar surface area (TPSA) is 6.48 Å². The van der Waals surface area contributed by atoms with Gasteiger partial charge in [0.15, 0.2) is 0 Å². The van der Waals surface area contributed by atoms with Gasteiger partial charge in [-0.2, -0.15) is 0 Å². The van der Waals surface area contributed by atoms with E-state index in [0.29, 0.717) is 24.9 Å². The lowest BCUT2D eigenvalue weighted by atomic mass is 10.1. The summed E-state index contributed by atoms with van der Waals surface area (Å²) in [6.45, 7) is 7.55. The van der Waals surface area contributed by atoms with Gasteiger partial charge in [0.2, 0.25) is 0 Å². The lowest BCUT2D eigenvalue weighted by Gasteiger charge is -2.44. The van der Waals surface area contributed by atoms with E-state index in [2.05, 4.69) is 23.6 Å². The number of nitrogens with zero attached hydrogens (tertiary/aromatic N) is 2. The maximum atomic E-state index is 12.2. The molecule has 96 valence electrons. The third-order valence-electron chi connectivity index (χ3n) is 3.34. The van der Waals surface area contributed by atoms with Crippen LogP contribution in [0, 0.1) is 0 Å². The predicted molar refractivity (Wildman–Crippen MR) is 63.3 cm³/mol. The molecule has 2 nitrogen and oxygen atoms in total. The Morgan fingerprint density at radius 2 is 1.44 bits per heavy atom. The lowest BCUT2D eigenvalue weighted by molar-refractivity contribution is 0.0357. The summed E-state index contributed by atoms with van der Waals surface area (Å²) in [7, 11) is 0. The summed E-state index contributed by atoms with van der Waals surface area (Å²) in [5.41, 5.74) is 0. The van der Waals surface area contributed by atoms with Crippen molar-refractivity contribution in [2.24, 2.45) is 0 Å². The van der Waals surface area contributed by atoms with Gasteiger partial charge in [0.25, 0.3) is 0 Å². The largest absolute Gasteiger partial charge is 0.300 e. The molecule has 1 aliphatic heterocycles. The van der Waals surface area contributed by atoms with Crippen molar-refractivity contribution in [1.82, 2.24) is 9.80 Å². The second-order valence-electron chi connectivity index (χ2n) is 4.78. The van der Waals surface area contributed by atoms with Crippen LogP contribution in [-0.2, 0) is 0 Å². The maximum Gasteiger partial charge on any atom is 0.0906 e. The van der Waals surface area contributed by atoms with E-state index in [1.165, 1.54) is 0 Å². The second-order valence-corrected chi connectivity index (χ2v) is 4.78. The third kappa shape index (κ3) is 3.98. The molecule has 1 fully saturated rings. The van der Waals surface area contributed by atoms with E-state index in [-0.39, 0.29) is 13.3 Å². The highest BCUT2D eigenvalue weighted by molar-refractivity contribution is 4.84. The minimum absolute atomic E-state index is 0.231. The number of rotatable bonds is 6. The summed E-state index contributed by atoms with van der Waals surface area (Å²) in [6, 6.07) is 0.907. The molecular formula is C12H24F2N2. The first-order chi connectivity index (χ1) is 7.69. The van der Waals surface area contributed by atoms with E-state index in [9.17, 15) is 8.78 Å². The van der Waals surface area contributed by atoms with Crippen molar-refractivity contribution in [3.05, 3.63) is 0 Å². The van der Waals surface area contributed by atoms with Crippen molar-refractivity contribution >= 4 is 0 Å². The first-order valence-corrected chi connectivity index (χ1v) is 6.29. The summed E-state index contributed by atoms with van der Waals surface area (Å²) < 4.78 is 24.3. The van der Waals surface area contributed by atoms with Gasteiger partial charge < -0.3 is 4.90 Å². The number of hydrogen-bond acceptors (Lipinski definition) is 2. The minimum Gasteiger partial charge on any atom is -0.300 e. The van der Waals surface area contributed by atoms with Crippen molar-refractivity contribution in [1.29, 1.82) is 0 Å². The zero-order valence-electron chi connectivity index (χ0n) is 10.5. The quantitative estimate of drug-likeness (QED) is 0.694. The summed E-state index contributed by atoms with van der Waals surface area (Å²) in [6.07, 6.45) is 1.25. The average molecular weight is 234 g/mol. The predicted octanol–water partition coefficient (Wildman–Crippen LogP) is 2.10. The van der Waals surface area contributed by atoms with Gasteiger partial charge >= 0.3 is 0 Å². The van der Waals surface area contributed by atoms with Crippen LogP contribution in [0.3, 0.4) is 0 Å². The normalized spacial score (nSPS) is 28.5. The zero-order valence-corrected chi connectivity index (χ0v) is 10.5. The van der Waals surface area contributed by atoms with Crippen LogP contribution >= 0.6 is 0 Å². The van der Waals surface area contributed by atoms with E-state index >= 15 is 0 Å². The van der Waals surface area contributed by atoms with Crippen molar-refractivity contribution in [3.63, 3.8) is 0 Å². The maximum absolute atomic E-state index is 12.2. The monoisotopic (exact) mass is 234 g/mol. The fourth-order valence-corrected chi connectivity index (χ4v) is 2.62. The number of halogens is 2. The molecular weight excluding hydrogens is 210 g/mol. The molecule has 1 heterocycles. The Labute approximate surface area is 97.6 Å². The minimum atomic E-state index is -0.235. The molecule has 1 rings (SSSR count). The molecule has 2 unspecified atom stereocenters. The Morgan fingerprint density at radius 1 is 0.938 bits per heavy atom. The van der Waals surface area contributed by atoms with Crippen molar-refractivity contribution in [2.75, 3.05) is 39.5 Å². The summed E-state index contributed by atoms with van der Waals surface area (Å²) >= 11 is 0. The molecule has 0 radical (unpaired) electrons. The molecule has 0 aliphatic carbocycles. The van der Waals surface area contributed by atoms with Crippen LogP contribution < -0.4 is 0 Å².